The molecule has 3 unspecified atom stereocenters. The number of phenols is 1. The van der Waals surface area contributed by atoms with Gasteiger partial charge in [0, 0.05) is 22.9 Å². The average molecular weight is 625 g/mol. The molecule has 3 aliphatic carbocycles. The topological polar surface area (TPSA) is 83.8 Å². The van der Waals surface area contributed by atoms with Crippen LogP contribution in [0.2, 0.25) is 0 Å². The van der Waals surface area contributed by atoms with Crippen LogP contribution in [0, 0.1) is 30.1 Å². The molecule has 5 rings (SSSR count). The lowest BCUT2D eigenvalue weighted by Crippen LogP contribution is -2.44. The number of halogens is 2. The molecule has 2 fully saturated rings. The number of aromatic nitrogens is 1. The Morgan fingerprint density at radius 3 is 2.91 bits per heavy atom. The Balaban J connectivity index is 1.41. The molecule has 9 heteroatoms. The van der Waals surface area contributed by atoms with Crippen molar-refractivity contribution in [3.63, 3.8) is 0 Å². The first-order chi connectivity index (χ1) is 16.7. The number of carbonyl (C=O) groups is 1. The smallest absolute Gasteiger partial charge is 0.226 e. The summed E-state index contributed by atoms with van der Waals surface area (Å²) in [5.41, 5.74) is 3.75. The number of hydrogen-bond acceptors (Lipinski definition) is 6. The van der Waals surface area contributed by atoms with Crippen LogP contribution in [0.5, 0.6) is 5.75 Å². The van der Waals surface area contributed by atoms with Crippen LogP contribution < -0.4 is 5.32 Å². The lowest BCUT2D eigenvalue weighted by atomic mass is 9.54. The van der Waals surface area contributed by atoms with Crippen LogP contribution in [-0.4, -0.2) is 28.8 Å². The number of anilines is 1. The number of benzene rings is 1. The van der Waals surface area contributed by atoms with E-state index in [-0.39, 0.29) is 17.1 Å². The zero-order valence-electron chi connectivity index (χ0n) is 20.2. The van der Waals surface area contributed by atoms with Gasteiger partial charge in [-0.05, 0) is 118 Å². The Morgan fingerprint density at radius 2 is 2.20 bits per heavy atom. The fourth-order valence-corrected chi connectivity index (χ4v) is 9.18. The molecule has 0 saturated heterocycles. The number of thiazole rings is 1. The number of oxime groups is 1. The minimum absolute atomic E-state index is 0.00632. The van der Waals surface area contributed by atoms with E-state index in [1.807, 2.05) is 6.92 Å². The Kier molecular flexibility index (Phi) is 7.05. The molecule has 2 saturated carbocycles. The zero-order chi connectivity index (χ0) is 24.9. The minimum Gasteiger partial charge on any atom is -0.506 e. The normalized spacial score (nSPS) is 30.5. The van der Waals surface area contributed by atoms with E-state index in [9.17, 15) is 9.90 Å². The molecule has 1 aromatic carbocycles. The molecule has 188 valence electrons. The molecule has 0 aliphatic heterocycles. The molecule has 5 atom stereocenters. The van der Waals surface area contributed by atoms with E-state index < -0.39 is 0 Å². The third-order valence-electron chi connectivity index (χ3n) is 8.58. The Bertz CT molecular complexity index is 1180. The molecule has 0 bridgehead atoms. The standard InChI is InChI=1S/C26H31Br2N3O3S/c1-13-12-29-25(35-13)30-21(32)7-4-14-10-20(31-34-3)26(2)9-8-15-16(22(14)26)5-6-17-18(15)11-19(27)24(33)23(17)28/h11-12,14-16,22,33H,4-10H2,1-3H3,(H,29,30,32)/t14-,15?,16?,22?,26-/m1/s1. The van der Waals surface area contributed by atoms with Crippen LogP contribution in [0.15, 0.2) is 26.4 Å². The van der Waals surface area contributed by atoms with Gasteiger partial charge in [0.05, 0.1) is 14.7 Å². The van der Waals surface area contributed by atoms with Crippen LogP contribution in [-0.2, 0) is 16.1 Å². The second kappa shape index (κ2) is 9.78. The molecule has 2 N–H and O–H groups in total. The molecule has 6 nitrogen and oxygen atoms in total. The van der Waals surface area contributed by atoms with Gasteiger partial charge in [-0.3, -0.25) is 4.79 Å². The van der Waals surface area contributed by atoms with E-state index in [0.29, 0.717) is 35.2 Å². The maximum absolute atomic E-state index is 12.7. The second-order valence-corrected chi connectivity index (χ2v) is 13.3. The molecule has 0 radical (unpaired) electrons. The number of nitrogens with zero attached hydrogens (tertiary/aromatic N) is 2. The fourth-order valence-electron chi connectivity index (χ4n) is 7.15. The van der Waals surface area contributed by atoms with Crippen molar-refractivity contribution < 1.29 is 14.7 Å². The summed E-state index contributed by atoms with van der Waals surface area (Å²) in [6.45, 7) is 4.35. The van der Waals surface area contributed by atoms with Gasteiger partial charge in [-0.25, -0.2) is 4.98 Å². The van der Waals surface area contributed by atoms with Crippen LogP contribution in [0.1, 0.15) is 67.4 Å². The van der Waals surface area contributed by atoms with Crippen molar-refractivity contribution in [3.8, 4) is 5.75 Å². The van der Waals surface area contributed by atoms with Crippen LogP contribution in [0.25, 0.3) is 0 Å². The van der Waals surface area contributed by atoms with Gasteiger partial charge in [0.1, 0.15) is 12.9 Å². The van der Waals surface area contributed by atoms with Gasteiger partial charge in [0.25, 0.3) is 0 Å². The number of phenolic OH excluding ortho intramolecular Hbond substituents is 1. The second-order valence-electron chi connectivity index (χ2n) is 10.4. The molecule has 1 aromatic heterocycles. The zero-order valence-corrected chi connectivity index (χ0v) is 24.2. The first-order valence-electron chi connectivity index (χ1n) is 12.3. The van der Waals surface area contributed by atoms with Crippen molar-refractivity contribution in [2.24, 2.45) is 28.3 Å². The van der Waals surface area contributed by atoms with E-state index in [1.54, 1.807) is 13.3 Å². The minimum atomic E-state index is -0.00632. The highest BCUT2D eigenvalue weighted by Crippen LogP contribution is 2.63. The number of fused-ring (bicyclic) bond motifs is 5. The van der Waals surface area contributed by atoms with Crippen LogP contribution in [0.3, 0.4) is 0 Å². The number of rotatable bonds is 5. The summed E-state index contributed by atoms with van der Waals surface area (Å²) in [6.07, 6.45) is 8.16. The van der Waals surface area contributed by atoms with Gasteiger partial charge in [-0.1, -0.05) is 12.1 Å². The Hall–Kier alpha value is -1.45. The number of aryl methyl sites for hydroxylation is 1. The molecule has 2 aromatic rings. The molecule has 1 amide bonds. The summed E-state index contributed by atoms with van der Waals surface area (Å²) in [7, 11) is 1.63. The summed E-state index contributed by atoms with van der Waals surface area (Å²) in [5.74, 6) is 2.12. The van der Waals surface area contributed by atoms with Crippen molar-refractivity contribution in [1.82, 2.24) is 4.98 Å². The van der Waals surface area contributed by atoms with Crippen molar-refractivity contribution in [2.45, 2.75) is 64.7 Å². The van der Waals surface area contributed by atoms with Crippen molar-refractivity contribution in [2.75, 3.05) is 12.4 Å². The third kappa shape index (κ3) is 4.46. The maximum Gasteiger partial charge on any atom is 0.226 e. The maximum atomic E-state index is 12.7. The lowest BCUT2D eigenvalue weighted by Gasteiger charge is -2.50. The molecular weight excluding hydrogens is 594 g/mol. The molecule has 0 spiro atoms. The van der Waals surface area contributed by atoms with E-state index in [2.05, 4.69) is 60.3 Å². The van der Waals surface area contributed by atoms with Crippen molar-refractivity contribution >= 4 is 59.9 Å². The number of hydrogen-bond donors (Lipinski definition) is 2. The van der Waals surface area contributed by atoms with Crippen LogP contribution in [0.4, 0.5) is 5.13 Å². The molecule has 3 aliphatic rings. The van der Waals surface area contributed by atoms with Gasteiger partial charge in [-0.15, -0.1) is 11.3 Å². The SMILES string of the molecule is CON=C1C[C@@H](CCC(=O)Nc2ncc(C)s2)C2C3CCc4c(cc(Br)c(O)c4Br)C3CC[C@]12C. The molecule has 35 heavy (non-hydrogen) atoms. The molecule has 1 heterocycles. The molecular formula is C26H31Br2N3O3S. The summed E-state index contributed by atoms with van der Waals surface area (Å²) in [4.78, 5) is 23.4. The lowest BCUT2D eigenvalue weighted by molar-refractivity contribution is -0.116. The fraction of sp³-hybridized carbons (Fsp3) is 0.577. The van der Waals surface area contributed by atoms with Gasteiger partial charge >= 0.3 is 0 Å². The largest absolute Gasteiger partial charge is 0.506 e. The number of carbonyl (C=O) groups excluding carboxylic acids is 1. The van der Waals surface area contributed by atoms with Crippen LogP contribution >= 0.6 is 43.2 Å². The van der Waals surface area contributed by atoms with Gasteiger partial charge in [0.15, 0.2) is 5.13 Å². The third-order valence-corrected chi connectivity index (χ3v) is 10.9. The summed E-state index contributed by atoms with van der Waals surface area (Å²) in [6, 6.07) is 2.13. The summed E-state index contributed by atoms with van der Waals surface area (Å²) in [5, 5.41) is 18.6. The highest BCUT2D eigenvalue weighted by molar-refractivity contribution is 9.11. The van der Waals surface area contributed by atoms with E-state index in [4.69, 9.17) is 4.84 Å². The summed E-state index contributed by atoms with van der Waals surface area (Å²) < 4.78 is 1.57. The Labute approximate surface area is 227 Å². The monoisotopic (exact) mass is 623 g/mol. The van der Waals surface area contributed by atoms with Crippen molar-refractivity contribution in [3.05, 3.63) is 37.2 Å². The van der Waals surface area contributed by atoms with E-state index >= 15 is 0 Å². The predicted octanol–water partition coefficient (Wildman–Crippen LogP) is 7.19. The first kappa shape index (κ1) is 25.2. The number of aromatic hydroxyl groups is 1. The highest BCUT2D eigenvalue weighted by Gasteiger charge is 2.57. The van der Waals surface area contributed by atoms with Crippen molar-refractivity contribution in [1.29, 1.82) is 0 Å². The number of nitrogens with one attached hydrogen (secondary N) is 1. The van der Waals surface area contributed by atoms with E-state index in [0.717, 1.165) is 58.1 Å². The quantitative estimate of drug-likeness (QED) is 0.345. The van der Waals surface area contributed by atoms with Gasteiger partial charge in [0.2, 0.25) is 5.91 Å². The predicted molar refractivity (Wildman–Crippen MR) is 146 cm³/mol. The van der Waals surface area contributed by atoms with Gasteiger partial charge < -0.3 is 15.3 Å². The van der Waals surface area contributed by atoms with E-state index in [1.165, 1.54) is 22.5 Å². The average Bonchev–Trinajstić information content (AvgIpc) is 3.36. The highest BCUT2D eigenvalue weighted by atomic mass is 79.9. The first-order valence-corrected chi connectivity index (χ1v) is 14.7. The number of amides is 1. The van der Waals surface area contributed by atoms with Gasteiger partial charge in [-0.2, -0.15) is 0 Å². The Morgan fingerprint density at radius 1 is 1.40 bits per heavy atom. The summed E-state index contributed by atoms with van der Waals surface area (Å²) >= 11 is 8.71.